The maximum Gasteiger partial charge on any atom is 0.257 e. The van der Waals surface area contributed by atoms with Crippen LogP contribution in [0.1, 0.15) is 37.4 Å². The third kappa shape index (κ3) is 5.02. The number of nitrogens with one attached hydrogen (secondary N) is 1. The van der Waals surface area contributed by atoms with E-state index in [0.29, 0.717) is 15.0 Å². The minimum Gasteiger partial charge on any atom is -0.296 e. The Balaban J connectivity index is 1.58. The van der Waals surface area contributed by atoms with Crippen LogP contribution in [0.4, 0.5) is 5.13 Å². The molecule has 0 unspecified atom stereocenters. The van der Waals surface area contributed by atoms with Crippen molar-refractivity contribution in [1.29, 1.82) is 0 Å². The molecule has 0 saturated carbocycles. The van der Waals surface area contributed by atoms with Gasteiger partial charge in [0.2, 0.25) is 5.13 Å². The fourth-order valence-electron chi connectivity index (χ4n) is 2.52. The topological polar surface area (TPSA) is 72.0 Å². The lowest BCUT2D eigenvalue weighted by Gasteiger charge is -2.04. The first-order chi connectivity index (χ1) is 12.9. The molecule has 3 aromatic rings. The van der Waals surface area contributed by atoms with Gasteiger partial charge in [0, 0.05) is 11.1 Å². The Kier molecular flexibility index (Phi) is 6.03. The number of amides is 1. The summed E-state index contributed by atoms with van der Waals surface area (Å²) in [6, 6.07) is 13.1. The number of hydrogen-bond donors (Lipinski definition) is 1. The van der Waals surface area contributed by atoms with Crippen molar-refractivity contribution in [2.24, 2.45) is 0 Å². The van der Waals surface area contributed by atoms with Gasteiger partial charge in [-0.05, 0) is 38.5 Å². The molecule has 1 aromatic heterocycles. The summed E-state index contributed by atoms with van der Waals surface area (Å²) in [5.41, 5.74) is 4.49. The van der Waals surface area contributed by atoms with E-state index in [0.717, 1.165) is 22.3 Å². The Morgan fingerprint density at radius 2 is 1.70 bits per heavy atom. The average Bonchev–Trinajstić information content (AvgIpc) is 3.07. The van der Waals surface area contributed by atoms with E-state index in [9.17, 15) is 9.59 Å². The number of aryl methyl sites for hydroxylation is 3. The van der Waals surface area contributed by atoms with Crippen molar-refractivity contribution in [3.63, 3.8) is 0 Å². The van der Waals surface area contributed by atoms with Gasteiger partial charge in [-0.1, -0.05) is 64.6 Å². The molecule has 0 saturated heterocycles. The van der Waals surface area contributed by atoms with Crippen molar-refractivity contribution in [2.45, 2.75) is 25.1 Å². The molecule has 5 nitrogen and oxygen atoms in total. The van der Waals surface area contributed by atoms with Crippen LogP contribution >= 0.6 is 23.1 Å². The number of thioether (sulfide) groups is 1. The van der Waals surface area contributed by atoms with Gasteiger partial charge in [0.15, 0.2) is 10.1 Å². The molecular weight excluding hydrogens is 378 g/mol. The predicted molar refractivity (Wildman–Crippen MR) is 110 cm³/mol. The van der Waals surface area contributed by atoms with Crippen LogP contribution < -0.4 is 5.32 Å². The number of ketones is 1. The third-order valence-corrected chi connectivity index (χ3v) is 5.92. The van der Waals surface area contributed by atoms with Gasteiger partial charge in [0.25, 0.3) is 5.91 Å². The second-order valence-corrected chi connectivity index (χ2v) is 8.42. The quantitative estimate of drug-likeness (QED) is 0.371. The number of anilines is 1. The lowest BCUT2D eigenvalue weighted by Crippen LogP contribution is -2.11. The van der Waals surface area contributed by atoms with Crippen molar-refractivity contribution in [3.8, 4) is 0 Å². The van der Waals surface area contributed by atoms with Crippen LogP contribution in [0.5, 0.6) is 0 Å². The SMILES string of the molecule is Cc1ccc(C(=O)Nc2nnc(SCC(=O)c3ccc(C)cc3C)s2)cc1. The van der Waals surface area contributed by atoms with Crippen LogP contribution in [-0.4, -0.2) is 27.6 Å². The monoisotopic (exact) mass is 397 g/mol. The molecular formula is C20H19N3O2S2. The molecule has 27 heavy (non-hydrogen) atoms. The first-order valence-electron chi connectivity index (χ1n) is 8.37. The minimum atomic E-state index is -0.228. The number of Topliss-reactive ketones (excluding diaryl/α,β-unsaturated/α-hetero) is 1. The summed E-state index contributed by atoms with van der Waals surface area (Å²) in [5.74, 6) is 0.108. The van der Waals surface area contributed by atoms with Crippen molar-refractivity contribution in [3.05, 3.63) is 70.3 Å². The molecule has 0 aliphatic rings. The zero-order chi connectivity index (χ0) is 19.4. The van der Waals surface area contributed by atoms with E-state index in [-0.39, 0.29) is 17.4 Å². The van der Waals surface area contributed by atoms with E-state index in [1.165, 1.54) is 23.1 Å². The second-order valence-electron chi connectivity index (χ2n) is 6.22. The van der Waals surface area contributed by atoms with Crippen molar-refractivity contribution >= 4 is 39.9 Å². The Bertz CT molecular complexity index is 981. The van der Waals surface area contributed by atoms with Gasteiger partial charge in [-0.15, -0.1) is 10.2 Å². The van der Waals surface area contributed by atoms with Gasteiger partial charge in [-0.3, -0.25) is 14.9 Å². The van der Waals surface area contributed by atoms with Gasteiger partial charge in [0.1, 0.15) is 0 Å². The highest BCUT2D eigenvalue weighted by molar-refractivity contribution is 8.01. The molecule has 0 aliphatic carbocycles. The summed E-state index contributed by atoms with van der Waals surface area (Å²) in [5, 5.41) is 11.2. The summed E-state index contributed by atoms with van der Waals surface area (Å²) in [6.07, 6.45) is 0. The van der Waals surface area contributed by atoms with Gasteiger partial charge >= 0.3 is 0 Å². The van der Waals surface area contributed by atoms with Crippen molar-refractivity contribution in [2.75, 3.05) is 11.1 Å². The highest BCUT2D eigenvalue weighted by Crippen LogP contribution is 2.27. The highest BCUT2D eigenvalue weighted by atomic mass is 32.2. The fraction of sp³-hybridized carbons (Fsp3) is 0.200. The second kappa shape index (κ2) is 8.45. The molecule has 0 bridgehead atoms. The maximum absolute atomic E-state index is 12.4. The molecule has 1 N–H and O–H groups in total. The molecule has 0 radical (unpaired) electrons. The first kappa shape index (κ1) is 19.3. The van der Waals surface area contributed by atoms with Crippen LogP contribution in [0, 0.1) is 20.8 Å². The number of carbonyl (C=O) groups excluding carboxylic acids is 2. The number of hydrogen-bond acceptors (Lipinski definition) is 6. The van der Waals surface area contributed by atoms with Gasteiger partial charge in [-0.2, -0.15) is 0 Å². The van der Waals surface area contributed by atoms with E-state index in [1.54, 1.807) is 12.1 Å². The largest absolute Gasteiger partial charge is 0.296 e. The summed E-state index contributed by atoms with van der Waals surface area (Å²) >= 11 is 2.59. The number of benzene rings is 2. The van der Waals surface area contributed by atoms with Crippen LogP contribution in [0.2, 0.25) is 0 Å². The molecule has 0 fully saturated rings. The molecule has 0 spiro atoms. The van der Waals surface area contributed by atoms with E-state index >= 15 is 0 Å². The lowest BCUT2D eigenvalue weighted by molar-refractivity contribution is 0.101. The molecule has 138 valence electrons. The Labute approximate surface area is 166 Å². The van der Waals surface area contributed by atoms with E-state index in [1.807, 2.05) is 51.1 Å². The summed E-state index contributed by atoms with van der Waals surface area (Å²) in [6.45, 7) is 5.91. The molecule has 0 aliphatic heterocycles. The van der Waals surface area contributed by atoms with Gasteiger partial charge < -0.3 is 0 Å². The molecule has 1 amide bonds. The smallest absolute Gasteiger partial charge is 0.257 e. The van der Waals surface area contributed by atoms with E-state index in [4.69, 9.17) is 0 Å². The summed E-state index contributed by atoms with van der Waals surface area (Å²) < 4.78 is 0.646. The molecule has 3 rings (SSSR count). The number of aromatic nitrogens is 2. The van der Waals surface area contributed by atoms with Crippen LogP contribution in [0.15, 0.2) is 46.8 Å². The zero-order valence-electron chi connectivity index (χ0n) is 15.3. The highest BCUT2D eigenvalue weighted by Gasteiger charge is 2.14. The first-order valence-corrected chi connectivity index (χ1v) is 10.2. The Hall–Kier alpha value is -2.51. The third-order valence-electron chi connectivity index (χ3n) is 3.95. The summed E-state index contributed by atoms with van der Waals surface area (Å²) in [7, 11) is 0. The van der Waals surface area contributed by atoms with Crippen molar-refractivity contribution < 1.29 is 9.59 Å². The maximum atomic E-state index is 12.4. The average molecular weight is 398 g/mol. The Morgan fingerprint density at radius 1 is 1.00 bits per heavy atom. The Morgan fingerprint density at radius 3 is 2.41 bits per heavy atom. The van der Waals surface area contributed by atoms with E-state index < -0.39 is 0 Å². The standard InChI is InChI=1S/C20H19N3O2S2/c1-12-4-7-15(8-5-12)18(25)21-19-22-23-20(27-19)26-11-17(24)16-9-6-13(2)10-14(16)3/h4-10H,11H2,1-3H3,(H,21,22,25). The van der Waals surface area contributed by atoms with Crippen LogP contribution in [0.25, 0.3) is 0 Å². The lowest BCUT2D eigenvalue weighted by atomic mass is 10.0. The predicted octanol–water partition coefficient (Wildman–Crippen LogP) is 4.69. The minimum absolute atomic E-state index is 0.0536. The van der Waals surface area contributed by atoms with Gasteiger partial charge in [0.05, 0.1) is 5.75 Å². The fourth-order valence-corrected chi connectivity index (χ4v) is 4.15. The number of carbonyl (C=O) groups is 2. The number of nitrogens with zero attached hydrogens (tertiary/aromatic N) is 2. The molecule has 1 heterocycles. The number of rotatable bonds is 6. The van der Waals surface area contributed by atoms with Gasteiger partial charge in [-0.25, -0.2) is 0 Å². The van der Waals surface area contributed by atoms with Crippen LogP contribution in [0.3, 0.4) is 0 Å². The normalized spacial score (nSPS) is 10.6. The molecule has 2 aromatic carbocycles. The van der Waals surface area contributed by atoms with Crippen LogP contribution in [-0.2, 0) is 0 Å². The summed E-state index contributed by atoms with van der Waals surface area (Å²) in [4.78, 5) is 24.6. The van der Waals surface area contributed by atoms with E-state index in [2.05, 4.69) is 15.5 Å². The molecule has 7 heteroatoms. The zero-order valence-corrected chi connectivity index (χ0v) is 16.9. The molecule has 0 atom stereocenters. The van der Waals surface area contributed by atoms with Crippen molar-refractivity contribution in [1.82, 2.24) is 10.2 Å².